The highest BCUT2D eigenvalue weighted by atomic mass is 127. The highest BCUT2D eigenvalue weighted by Gasteiger charge is 2.31. The van der Waals surface area contributed by atoms with Crippen LogP contribution in [-0.2, 0) is 5.41 Å². The maximum absolute atomic E-state index is 3.67. The molecule has 7 rings (SSSR count). The van der Waals surface area contributed by atoms with Crippen molar-refractivity contribution in [1.29, 1.82) is 0 Å². The Bertz CT molecular complexity index is 2110. The molecule has 0 radical (unpaired) electrons. The Morgan fingerprint density at radius 3 is 2.24 bits per heavy atom. The van der Waals surface area contributed by atoms with Crippen molar-refractivity contribution in [1.82, 2.24) is 0 Å². The van der Waals surface area contributed by atoms with E-state index in [1.807, 2.05) is 11.8 Å². The second-order valence-electron chi connectivity index (χ2n) is 15.3. The Kier molecular flexibility index (Phi) is 13.2. The van der Waals surface area contributed by atoms with Gasteiger partial charge < -0.3 is 15.1 Å². The van der Waals surface area contributed by atoms with E-state index < -0.39 is 0 Å². The predicted molar refractivity (Wildman–Crippen MR) is 249 cm³/mol. The fourth-order valence-electron chi connectivity index (χ4n) is 7.90. The van der Waals surface area contributed by atoms with E-state index in [2.05, 4.69) is 216 Å². The maximum Gasteiger partial charge on any atom is 0.0801 e. The molecule has 3 nitrogen and oxygen atoms in total. The second kappa shape index (κ2) is 18.6. The quantitative estimate of drug-likeness (QED) is 0.0681. The second-order valence-corrected chi connectivity index (χ2v) is 17.7. The summed E-state index contributed by atoms with van der Waals surface area (Å²) in [5.74, 6) is 0.728. The standard InChI is InChI=1S/C50H54IN3S/c1-4-36-52-45-31-17-16-30-44(45)50(2,3)47(51)32-18-27-42(54(40-23-10-6-11-24-40)41-25-12-7-13-26-41)28-19-33-48-53(37-38-20-8-5-9-21-38)46-35-34-39-22-14-15-29-43(39)49(46)55-48/h6-7,10-19,22-35,38,47,52H,4-5,8-9,20-21,36-37H2,1-3H3/b28-19+,32-18+,42-27-,48-33-. The Morgan fingerprint density at radius 2 is 1.51 bits per heavy atom. The summed E-state index contributed by atoms with van der Waals surface area (Å²) in [6.07, 6.45) is 21.6. The molecule has 5 aromatic rings. The molecule has 282 valence electrons. The zero-order valence-corrected chi connectivity index (χ0v) is 35.5. The molecular formula is C50H54IN3S. The number of nitrogens with zero attached hydrogens (tertiary/aromatic N) is 2. The van der Waals surface area contributed by atoms with Gasteiger partial charge in [0, 0.05) is 50.1 Å². The summed E-state index contributed by atoms with van der Waals surface area (Å²) in [7, 11) is 0. The molecule has 1 N–H and O–H groups in total. The van der Waals surface area contributed by atoms with E-state index in [1.165, 1.54) is 69.7 Å². The van der Waals surface area contributed by atoms with Gasteiger partial charge in [0.1, 0.15) is 0 Å². The Labute approximate surface area is 347 Å². The van der Waals surface area contributed by atoms with Crippen molar-refractivity contribution in [2.45, 2.75) is 73.5 Å². The van der Waals surface area contributed by atoms with Crippen LogP contribution in [0, 0.1) is 5.92 Å². The van der Waals surface area contributed by atoms with Crippen molar-refractivity contribution >= 4 is 67.9 Å². The number of alkyl halides is 1. The first kappa shape index (κ1) is 39.1. The minimum Gasteiger partial charge on any atom is -0.385 e. The molecule has 5 heteroatoms. The van der Waals surface area contributed by atoms with Crippen molar-refractivity contribution in [3.63, 3.8) is 0 Å². The van der Waals surface area contributed by atoms with Crippen LogP contribution in [0.3, 0.4) is 0 Å². The zero-order chi connectivity index (χ0) is 38.0. The van der Waals surface area contributed by atoms with E-state index in [-0.39, 0.29) is 9.34 Å². The van der Waals surface area contributed by atoms with Gasteiger partial charge in [-0.05, 0) is 96.1 Å². The molecule has 0 aromatic heterocycles. The van der Waals surface area contributed by atoms with Gasteiger partial charge in [-0.15, -0.1) is 0 Å². The number of allylic oxidation sites excluding steroid dienone is 6. The lowest BCUT2D eigenvalue weighted by molar-refractivity contribution is 0.364. The first-order valence-electron chi connectivity index (χ1n) is 20.1. The summed E-state index contributed by atoms with van der Waals surface area (Å²) in [5, 5.41) is 7.62. The fraction of sp³-hybridized carbons (Fsp3) is 0.280. The van der Waals surface area contributed by atoms with Gasteiger partial charge >= 0.3 is 0 Å². The number of halogens is 1. The number of para-hydroxylation sites is 3. The summed E-state index contributed by atoms with van der Waals surface area (Å²) in [4.78, 5) is 6.35. The summed E-state index contributed by atoms with van der Waals surface area (Å²) in [5.41, 5.74) is 7.20. The first-order chi connectivity index (χ1) is 26.9. The number of anilines is 4. The first-order valence-corrected chi connectivity index (χ1v) is 22.1. The van der Waals surface area contributed by atoms with Gasteiger partial charge in [-0.3, -0.25) is 0 Å². The average molecular weight is 856 g/mol. The summed E-state index contributed by atoms with van der Waals surface area (Å²) in [6.45, 7) is 8.98. The van der Waals surface area contributed by atoms with Crippen molar-refractivity contribution in [2.24, 2.45) is 5.92 Å². The molecule has 1 saturated carbocycles. The third-order valence-corrected chi connectivity index (χ3v) is 14.2. The third kappa shape index (κ3) is 9.27. The number of fused-ring (bicyclic) bond motifs is 3. The molecule has 0 spiro atoms. The van der Waals surface area contributed by atoms with Gasteiger partial charge in [-0.1, -0.05) is 178 Å². The smallest absolute Gasteiger partial charge is 0.0801 e. The Morgan fingerprint density at radius 1 is 0.836 bits per heavy atom. The normalized spacial score (nSPS) is 16.7. The van der Waals surface area contributed by atoms with Crippen LogP contribution in [0.2, 0.25) is 0 Å². The lowest BCUT2D eigenvalue weighted by atomic mass is 9.80. The topological polar surface area (TPSA) is 18.5 Å². The lowest BCUT2D eigenvalue weighted by Crippen LogP contribution is -2.28. The molecule has 2 aliphatic rings. The van der Waals surface area contributed by atoms with Crippen LogP contribution in [0.25, 0.3) is 10.8 Å². The molecule has 5 aromatic carbocycles. The Hall–Kier alpha value is -4.20. The molecule has 1 fully saturated rings. The molecule has 0 bridgehead atoms. The monoisotopic (exact) mass is 855 g/mol. The van der Waals surface area contributed by atoms with Gasteiger partial charge in [-0.2, -0.15) is 0 Å². The van der Waals surface area contributed by atoms with Gasteiger partial charge in [0.15, 0.2) is 0 Å². The number of nitrogens with one attached hydrogen (secondary N) is 1. The fourth-order valence-corrected chi connectivity index (χ4v) is 9.70. The molecule has 1 heterocycles. The number of hydrogen-bond donors (Lipinski definition) is 1. The molecular weight excluding hydrogens is 802 g/mol. The minimum absolute atomic E-state index is 0.0815. The van der Waals surface area contributed by atoms with E-state index in [0.29, 0.717) is 0 Å². The van der Waals surface area contributed by atoms with E-state index in [4.69, 9.17) is 0 Å². The molecule has 0 amide bonds. The summed E-state index contributed by atoms with van der Waals surface area (Å²) >= 11 is 4.55. The van der Waals surface area contributed by atoms with E-state index in [0.717, 1.165) is 42.5 Å². The minimum atomic E-state index is -0.0815. The SMILES string of the molecule is CCCNc1ccccc1C(C)(C)C(I)/C=C/C=C(/C=C/C=C1\Sc2c(ccc3ccccc23)N1CC1CCCCC1)N(c1ccccc1)c1ccccc1. The maximum atomic E-state index is 3.67. The van der Waals surface area contributed by atoms with Crippen molar-refractivity contribution < 1.29 is 0 Å². The zero-order valence-electron chi connectivity index (χ0n) is 32.5. The molecule has 0 saturated heterocycles. The van der Waals surface area contributed by atoms with E-state index in [1.54, 1.807) is 0 Å². The number of benzene rings is 5. The van der Waals surface area contributed by atoms with Crippen LogP contribution in [0.5, 0.6) is 0 Å². The van der Waals surface area contributed by atoms with Crippen molar-refractivity contribution in [3.05, 3.63) is 174 Å². The van der Waals surface area contributed by atoms with Crippen LogP contribution in [0.1, 0.15) is 64.9 Å². The third-order valence-electron chi connectivity index (χ3n) is 11.0. The molecule has 1 aliphatic heterocycles. The number of thioether (sulfide) groups is 1. The van der Waals surface area contributed by atoms with E-state index >= 15 is 0 Å². The highest BCUT2D eigenvalue weighted by molar-refractivity contribution is 14.1. The average Bonchev–Trinajstić information content (AvgIpc) is 3.58. The van der Waals surface area contributed by atoms with E-state index in [9.17, 15) is 0 Å². The summed E-state index contributed by atoms with van der Waals surface area (Å²) < 4.78 is 0.261. The molecule has 55 heavy (non-hydrogen) atoms. The van der Waals surface area contributed by atoms with Gasteiger partial charge in [-0.25, -0.2) is 0 Å². The number of hydrogen-bond acceptors (Lipinski definition) is 4. The van der Waals surface area contributed by atoms with Crippen LogP contribution in [0.15, 0.2) is 173 Å². The van der Waals surface area contributed by atoms with Gasteiger partial charge in [0.25, 0.3) is 0 Å². The van der Waals surface area contributed by atoms with Crippen molar-refractivity contribution in [3.8, 4) is 0 Å². The van der Waals surface area contributed by atoms with Gasteiger partial charge in [0.2, 0.25) is 0 Å². The van der Waals surface area contributed by atoms with Crippen LogP contribution in [-0.4, -0.2) is 17.0 Å². The molecule has 1 unspecified atom stereocenters. The molecule has 1 atom stereocenters. The molecule has 1 aliphatic carbocycles. The Balaban J connectivity index is 1.25. The highest BCUT2D eigenvalue weighted by Crippen LogP contribution is 2.50. The summed E-state index contributed by atoms with van der Waals surface area (Å²) in [6, 6.07) is 43.7. The van der Waals surface area contributed by atoms with Gasteiger partial charge in [0.05, 0.1) is 10.7 Å². The predicted octanol–water partition coefficient (Wildman–Crippen LogP) is 14.6. The lowest BCUT2D eigenvalue weighted by Gasteiger charge is -2.31. The van der Waals surface area contributed by atoms with Crippen LogP contribution < -0.4 is 15.1 Å². The van der Waals surface area contributed by atoms with Crippen LogP contribution >= 0.6 is 34.4 Å². The largest absolute Gasteiger partial charge is 0.385 e. The van der Waals surface area contributed by atoms with Crippen molar-refractivity contribution in [2.75, 3.05) is 28.2 Å². The van der Waals surface area contributed by atoms with Crippen LogP contribution in [0.4, 0.5) is 22.7 Å². The number of rotatable bonds is 14.